The second-order valence-electron chi connectivity index (χ2n) is 3.37. The van der Waals surface area contributed by atoms with Gasteiger partial charge in [0.25, 0.3) is 5.88 Å². The van der Waals surface area contributed by atoms with Crippen LogP contribution in [0.4, 0.5) is 0 Å². The zero-order valence-electron chi connectivity index (χ0n) is 8.83. The number of benzene rings is 1. The van der Waals surface area contributed by atoms with Crippen LogP contribution in [-0.2, 0) is 0 Å². The summed E-state index contributed by atoms with van der Waals surface area (Å²) in [5.41, 5.74) is 0.527. The number of aromatic amines is 1. The number of hydrogen-bond donors (Lipinski definition) is 1. The van der Waals surface area contributed by atoms with Crippen LogP contribution in [0.5, 0.6) is 11.6 Å². The standard InChI is InChI=1S/C11H8BrClN2O2/c1-6-3-2-4-7(12)10(6)17-11-8(16)5-9(13)14-15-11/h2-5H,1H3,(H,14,16). The van der Waals surface area contributed by atoms with Crippen molar-refractivity contribution in [3.8, 4) is 11.6 Å². The van der Waals surface area contributed by atoms with Crippen molar-refractivity contribution in [2.24, 2.45) is 0 Å². The molecule has 0 aliphatic rings. The Morgan fingerprint density at radius 2 is 2.24 bits per heavy atom. The molecule has 0 saturated carbocycles. The van der Waals surface area contributed by atoms with Gasteiger partial charge in [0.15, 0.2) is 0 Å². The summed E-state index contributed by atoms with van der Waals surface area (Å²) in [7, 11) is 0. The highest BCUT2D eigenvalue weighted by Crippen LogP contribution is 2.30. The van der Waals surface area contributed by atoms with Gasteiger partial charge in [0, 0.05) is 6.07 Å². The summed E-state index contributed by atoms with van der Waals surface area (Å²) < 4.78 is 6.22. The van der Waals surface area contributed by atoms with Crippen molar-refractivity contribution in [2.45, 2.75) is 6.92 Å². The maximum Gasteiger partial charge on any atom is 0.285 e. The first kappa shape index (κ1) is 12.1. The Kier molecular flexibility index (Phi) is 3.49. The van der Waals surface area contributed by atoms with Gasteiger partial charge in [0.1, 0.15) is 10.9 Å². The summed E-state index contributed by atoms with van der Waals surface area (Å²) in [5, 5.41) is 6.39. The first-order chi connectivity index (χ1) is 8.08. The molecule has 0 bridgehead atoms. The molecule has 1 aromatic heterocycles. The zero-order chi connectivity index (χ0) is 12.4. The third-order valence-electron chi connectivity index (χ3n) is 2.10. The number of hydrogen-bond acceptors (Lipinski definition) is 3. The van der Waals surface area contributed by atoms with Crippen molar-refractivity contribution in [3.63, 3.8) is 0 Å². The molecule has 0 amide bonds. The molecule has 17 heavy (non-hydrogen) atoms. The lowest BCUT2D eigenvalue weighted by Gasteiger charge is -2.08. The SMILES string of the molecule is Cc1cccc(Br)c1Oc1n[nH]c(Cl)cc1=O. The molecule has 0 spiro atoms. The number of nitrogens with zero attached hydrogens (tertiary/aromatic N) is 1. The van der Waals surface area contributed by atoms with Gasteiger partial charge < -0.3 is 4.74 Å². The van der Waals surface area contributed by atoms with E-state index in [1.807, 2.05) is 25.1 Å². The molecule has 1 heterocycles. The predicted octanol–water partition coefficient (Wildman–Crippen LogP) is 3.29. The molecule has 6 heteroatoms. The highest BCUT2D eigenvalue weighted by Gasteiger charge is 2.10. The van der Waals surface area contributed by atoms with E-state index in [0.29, 0.717) is 5.75 Å². The van der Waals surface area contributed by atoms with Crippen LogP contribution < -0.4 is 10.2 Å². The summed E-state index contributed by atoms with van der Waals surface area (Å²) >= 11 is 8.95. The van der Waals surface area contributed by atoms with Gasteiger partial charge in [0.05, 0.1) is 4.47 Å². The van der Waals surface area contributed by atoms with E-state index in [9.17, 15) is 4.79 Å². The lowest BCUT2D eigenvalue weighted by molar-refractivity contribution is 0.444. The highest BCUT2D eigenvalue weighted by molar-refractivity contribution is 9.10. The van der Waals surface area contributed by atoms with Gasteiger partial charge in [0.2, 0.25) is 5.43 Å². The first-order valence-corrected chi connectivity index (χ1v) is 5.93. The Hall–Kier alpha value is -1.33. The van der Waals surface area contributed by atoms with E-state index >= 15 is 0 Å². The maximum atomic E-state index is 11.6. The van der Waals surface area contributed by atoms with Crippen LogP contribution in [-0.4, -0.2) is 10.2 Å². The maximum absolute atomic E-state index is 11.6. The number of rotatable bonds is 2. The number of aromatic nitrogens is 2. The minimum absolute atomic E-state index is 0.0376. The molecule has 0 atom stereocenters. The first-order valence-electron chi connectivity index (χ1n) is 4.76. The van der Waals surface area contributed by atoms with Crippen LogP contribution in [0.3, 0.4) is 0 Å². The second kappa shape index (κ2) is 4.89. The van der Waals surface area contributed by atoms with Gasteiger partial charge in [-0.3, -0.25) is 9.89 Å². The highest BCUT2D eigenvalue weighted by atomic mass is 79.9. The molecule has 0 fully saturated rings. The Morgan fingerprint density at radius 3 is 2.88 bits per heavy atom. The molecule has 1 N–H and O–H groups in total. The van der Waals surface area contributed by atoms with Crippen LogP contribution in [0.2, 0.25) is 5.15 Å². The third-order valence-corrected chi connectivity index (χ3v) is 2.91. The fourth-order valence-corrected chi connectivity index (χ4v) is 1.97. The molecule has 88 valence electrons. The molecule has 2 aromatic rings. The monoisotopic (exact) mass is 314 g/mol. The van der Waals surface area contributed by atoms with Gasteiger partial charge in [-0.05, 0) is 34.5 Å². The fourth-order valence-electron chi connectivity index (χ4n) is 1.28. The molecular formula is C11H8BrClN2O2. The average molecular weight is 316 g/mol. The summed E-state index contributed by atoms with van der Waals surface area (Å²) in [6, 6.07) is 6.80. The van der Waals surface area contributed by atoms with Crippen LogP contribution in [0.15, 0.2) is 33.5 Å². The Bertz CT molecular complexity index is 592. The van der Waals surface area contributed by atoms with E-state index in [0.717, 1.165) is 10.0 Å². The number of aryl methyl sites for hydroxylation is 1. The number of H-pyrrole nitrogens is 1. The van der Waals surface area contributed by atoms with Crippen molar-refractivity contribution in [1.82, 2.24) is 10.2 Å². The number of halogens is 2. The fraction of sp³-hybridized carbons (Fsp3) is 0.0909. The van der Waals surface area contributed by atoms with Crippen molar-refractivity contribution in [3.05, 3.63) is 49.7 Å². The molecule has 0 aliphatic heterocycles. The largest absolute Gasteiger partial charge is 0.433 e. The molecular weight excluding hydrogens is 307 g/mol. The topological polar surface area (TPSA) is 55.0 Å². The van der Waals surface area contributed by atoms with Gasteiger partial charge >= 0.3 is 0 Å². The van der Waals surface area contributed by atoms with Crippen molar-refractivity contribution < 1.29 is 4.74 Å². The van der Waals surface area contributed by atoms with Gasteiger partial charge in [-0.1, -0.05) is 23.7 Å². The summed E-state index contributed by atoms with van der Waals surface area (Å²) in [5.74, 6) is 0.525. The second-order valence-corrected chi connectivity index (χ2v) is 4.63. The Balaban J connectivity index is 2.42. The minimum atomic E-state index is -0.371. The number of ether oxygens (including phenoxy) is 1. The summed E-state index contributed by atoms with van der Waals surface area (Å²) in [4.78, 5) is 11.6. The van der Waals surface area contributed by atoms with Gasteiger partial charge in [-0.2, -0.15) is 0 Å². The molecule has 0 saturated heterocycles. The Morgan fingerprint density at radius 1 is 1.47 bits per heavy atom. The molecule has 0 radical (unpaired) electrons. The van der Waals surface area contributed by atoms with E-state index in [1.54, 1.807) is 0 Å². The van der Waals surface area contributed by atoms with E-state index in [4.69, 9.17) is 16.3 Å². The minimum Gasteiger partial charge on any atom is -0.433 e. The van der Waals surface area contributed by atoms with Gasteiger partial charge in [-0.15, -0.1) is 5.10 Å². The molecule has 0 unspecified atom stereocenters. The van der Waals surface area contributed by atoms with Gasteiger partial charge in [-0.25, -0.2) is 0 Å². The molecule has 1 aromatic carbocycles. The van der Waals surface area contributed by atoms with Crippen molar-refractivity contribution >= 4 is 27.5 Å². The number of para-hydroxylation sites is 1. The Labute approximate surface area is 111 Å². The van der Waals surface area contributed by atoms with Crippen molar-refractivity contribution in [2.75, 3.05) is 0 Å². The quantitative estimate of drug-likeness (QED) is 0.925. The summed E-state index contributed by atoms with van der Waals surface area (Å²) in [6.07, 6.45) is 0. The van der Waals surface area contributed by atoms with Crippen LogP contribution in [0.25, 0.3) is 0 Å². The zero-order valence-corrected chi connectivity index (χ0v) is 11.2. The van der Waals surface area contributed by atoms with Crippen molar-refractivity contribution in [1.29, 1.82) is 0 Å². The third kappa shape index (κ3) is 2.68. The summed E-state index contributed by atoms with van der Waals surface area (Å²) in [6.45, 7) is 1.88. The van der Waals surface area contributed by atoms with E-state index < -0.39 is 0 Å². The molecule has 4 nitrogen and oxygen atoms in total. The molecule has 0 aliphatic carbocycles. The smallest absolute Gasteiger partial charge is 0.285 e. The van der Waals surface area contributed by atoms with E-state index in [1.165, 1.54) is 6.07 Å². The van der Waals surface area contributed by atoms with E-state index in [-0.39, 0.29) is 16.5 Å². The lowest BCUT2D eigenvalue weighted by atomic mass is 10.2. The lowest BCUT2D eigenvalue weighted by Crippen LogP contribution is -2.08. The van der Waals surface area contributed by atoms with Crippen LogP contribution in [0.1, 0.15) is 5.56 Å². The average Bonchev–Trinajstić information content (AvgIpc) is 2.26. The predicted molar refractivity (Wildman–Crippen MR) is 68.8 cm³/mol. The van der Waals surface area contributed by atoms with E-state index in [2.05, 4.69) is 26.1 Å². The number of nitrogens with one attached hydrogen (secondary N) is 1. The normalized spacial score (nSPS) is 10.3. The van der Waals surface area contributed by atoms with Crippen LogP contribution in [0, 0.1) is 6.92 Å². The van der Waals surface area contributed by atoms with Crippen LogP contribution >= 0.6 is 27.5 Å². The molecule has 2 rings (SSSR count).